The lowest BCUT2D eigenvalue weighted by molar-refractivity contribution is 0.0696. The Morgan fingerprint density at radius 2 is 1.72 bits per heavy atom. The fourth-order valence-corrected chi connectivity index (χ4v) is 3.53. The SMILES string of the molecule is Cc1c(NCc2cc(Cl)ccc2OCc2ccc(Cl)cc2Cl)cccc1C(=O)O. The molecule has 4 nitrogen and oxygen atoms in total. The summed E-state index contributed by atoms with van der Waals surface area (Å²) in [6.45, 7) is 2.45. The third kappa shape index (κ3) is 5.36. The highest BCUT2D eigenvalue weighted by Gasteiger charge is 2.12. The van der Waals surface area contributed by atoms with Crippen LogP contribution in [0, 0.1) is 6.92 Å². The van der Waals surface area contributed by atoms with Gasteiger partial charge < -0.3 is 15.2 Å². The molecule has 0 saturated heterocycles. The van der Waals surface area contributed by atoms with Crippen molar-refractivity contribution in [1.82, 2.24) is 0 Å². The van der Waals surface area contributed by atoms with E-state index in [2.05, 4.69) is 5.32 Å². The summed E-state index contributed by atoms with van der Waals surface area (Å²) in [5, 5.41) is 14.2. The van der Waals surface area contributed by atoms with Gasteiger partial charge in [-0.15, -0.1) is 0 Å². The fourth-order valence-electron chi connectivity index (χ4n) is 2.87. The van der Waals surface area contributed by atoms with E-state index in [9.17, 15) is 9.90 Å². The van der Waals surface area contributed by atoms with Gasteiger partial charge in [0.2, 0.25) is 0 Å². The van der Waals surface area contributed by atoms with E-state index < -0.39 is 5.97 Å². The summed E-state index contributed by atoms with van der Waals surface area (Å²) in [6, 6.07) is 15.7. The van der Waals surface area contributed by atoms with Gasteiger partial charge in [-0.25, -0.2) is 4.79 Å². The molecule has 29 heavy (non-hydrogen) atoms. The second-order valence-electron chi connectivity index (χ2n) is 6.41. The molecular weight excluding hydrogens is 433 g/mol. The van der Waals surface area contributed by atoms with Gasteiger partial charge >= 0.3 is 5.97 Å². The number of anilines is 1. The maximum atomic E-state index is 11.3. The highest BCUT2D eigenvalue weighted by Crippen LogP contribution is 2.28. The number of hydrogen-bond acceptors (Lipinski definition) is 3. The Bertz CT molecular complexity index is 1050. The van der Waals surface area contributed by atoms with Gasteiger partial charge in [0.05, 0.1) is 5.56 Å². The van der Waals surface area contributed by atoms with Crippen LogP contribution in [-0.2, 0) is 13.2 Å². The summed E-state index contributed by atoms with van der Waals surface area (Å²) >= 11 is 18.3. The van der Waals surface area contributed by atoms with Crippen LogP contribution in [0.4, 0.5) is 5.69 Å². The topological polar surface area (TPSA) is 58.6 Å². The van der Waals surface area contributed by atoms with Crippen molar-refractivity contribution in [2.75, 3.05) is 5.32 Å². The summed E-state index contributed by atoms with van der Waals surface area (Å²) in [6.07, 6.45) is 0. The van der Waals surface area contributed by atoms with Crippen LogP contribution in [0.2, 0.25) is 15.1 Å². The van der Waals surface area contributed by atoms with E-state index >= 15 is 0 Å². The number of benzene rings is 3. The molecule has 0 bridgehead atoms. The molecule has 0 unspecified atom stereocenters. The van der Waals surface area contributed by atoms with Gasteiger partial charge in [0.25, 0.3) is 0 Å². The number of halogens is 3. The zero-order valence-corrected chi connectivity index (χ0v) is 17.8. The Kier molecular flexibility index (Phi) is 6.91. The van der Waals surface area contributed by atoms with E-state index in [1.54, 1.807) is 43.3 Å². The number of ether oxygens (including phenoxy) is 1. The van der Waals surface area contributed by atoms with Crippen molar-refractivity contribution in [2.45, 2.75) is 20.1 Å². The van der Waals surface area contributed by atoms with Crippen molar-refractivity contribution in [1.29, 1.82) is 0 Å². The quantitative estimate of drug-likeness (QED) is 0.413. The average Bonchev–Trinajstić information content (AvgIpc) is 2.67. The molecule has 3 aromatic carbocycles. The maximum absolute atomic E-state index is 11.3. The molecule has 7 heteroatoms. The van der Waals surface area contributed by atoms with Gasteiger partial charge in [0, 0.05) is 38.4 Å². The van der Waals surface area contributed by atoms with Gasteiger partial charge in [0.1, 0.15) is 12.4 Å². The highest BCUT2D eigenvalue weighted by molar-refractivity contribution is 6.35. The lowest BCUT2D eigenvalue weighted by Crippen LogP contribution is -2.07. The predicted molar refractivity (Wildman–Crippen MR) is 118 cm³/mol. The second-order valence-corrected chi connectivity index (χ2v) is 7.69. The van der Waals surface area contributed by atoms with Gasteiger partial charge in [-0.3, -0.25) is 0 Å². The molecule has 0 heterocycles. The first-order valence-electron chi connectivity index (χ1n) is 8.77. The van der Waals surface area contributed by atoms with Gasteiger partial charge in [-0.05, 0) is 55.0 Å². The first-order valence-corrected chi connectivity index (χ1v) is 9.90. The van der Waals surface area contributed by atoms with Crippen LogP contribution in [0.3, 0.4) is 0 Å². The monoisotopic (exact) mass is 449 g/mol. The molecule has 150 valence electrons. The first kappa shape index (κ1) is 21.3. The number of hydrogen-bond donors (Lipinski definition) is 2. The van der Waals surface area contributed by atoms with Crippen LogP contribution in [-0.4, -0.2) is 11.1 Å². The fraction of sp³-hybridized carbons (Fsp3) is 0.136. The van der Waals surface area contributed by atoms with E-state index in [0.717, 1.165) is 16.8 Å². The normalized spacial score (nSPS) is 10.6. The molecule has 3 aromatic rings. The molecule has 0 aliphatic heterocycles. The minimum Gasteiger partial charge on any atom is -0.488 e. The number of carboxylic acids is 1. The van der Waals surface area contributed by atoms with Gasteiger partial charge in [-0.1, -0.05) is 46.9 Å². The Hall–Kier alpha value is -2.40. The summed E-state index contributed by atoms with van der Waals surface area (Å²) in [4.78, 5) is 11.3. The lowest BCUT2D eigenvalue weighted by Gasteiger charge is -2.16. The Morgan fingerprint density at radius 1 is 1.00 bits per heavy atom. The smallest absolute Gasteiger partial charge is 0.336 e. The molecule has 3 rings (SSSR count). The lowest BCUT2D eigenvalue weighted by atomic mass is 10.1. The Balaban J connectivity index is 1.77. The standard InChI is InChI=1S/C22H18Cl3NO3/c1-13-18(22(27)28)3-2-4-20(13)26-11-15-9-16(23)7-8-21(15)29-12-14-5-6-17(24)10-19(14)25/h2-10,26H,11-12H2,1H3,(H,27,28). The molecule has 0 atom stereocenters. The average molecular weight is 451 g/mol. The van der Waals surface area contributed by atoms with E-state index in [1.807, 2.05) is 18.2 Å². The summed E-state index contributed by atoms with van der Waals surface area (Å²) in [5.74, 6) is -0.308. The summed E-state index contributed by atoms with van der Waals surface area (Å²) < 4.78 is 5.96. The van der Waals surface area contributed by atoms with Crippen LogP contribution in [0.15, 0.2) is 54.6 Å². The van der Waals surface area contributed by atoms with Crippen molar-refractivity contribution in [3.05, 3.63) is 91.9 Å². The largest absolute Gasteiger partial charge is 0.488 e. The molecular formula is C22H18Cl3NO3. The van der Waals surface area contributed by atoms with Crippen molar-refractivity contribution >= 4 is 46.5 Å². The summed E-state index contributed by atoms with van der Waals surface area (Å²) in [7, 11) is 0. The molecule has 0 saturated carbocycles. The number of carbonyl (C=O) groups is 1. The molecule has 0 spiro atoms. The molecule has 0 aromatic heterocycles. The zero-order valence-electron chi connectivity index (χ0n) is 15.5. The number of carboxylic acid groups (broad SMARTS) is 1. The number of rotatable bonds is 7. The van der Waals surface area contributed by atoms with E-state index in [0.29, 0.717) is 32.9 Å². The Labute approximate surface area is 184 Å². The summed E-state index contributed by atoms with van der Waals surface area (Å²) in [5.41, 5.74) is 3.31. The van der Waals surface area contributed by atoms with Crippen LogP contribution in [0.25, 0.3) is 0 Å². The van der Waals surface area contributed by atoms with Crippen LogP contribution >= 0.6 is 34.8 Å². The van der Waals surface area contributed by atoms with Crippen molar-refractivity contribution < 1.29 is 14.6 Å². The number of nitrogens with one attached hydrogen (secondary N) is 1. The third-order valence-corrected chi connectivity index (χ3v) is 5.28. The molecule has 0 aliphatic carbocycles. The maximum Gasteiger partial charge on any atom is 0.336 e. The molecule has 0 aliphatic rings. The molecule has 0 amide bonds. The van der Waals surface area contributed by atoms with Gasteiger partial charge in [0.15, 0.2) is 0 Å². The molecule has 0 fully saturated rings. The van der Waals surface area contributed by atoms with Crippen molar-refractivity contribution in [2.24, 2.45) is 0 Å². The second kappa shape index (κ2) is 9.40. The first-order chi connectivity index (χ1) is 13.8. The van der Waals surface area contributed by atoms with E-state index in [4.69, 9.17) is 39.5 Å². The van der Waals surface area contributed by atoms with E-state index in [-0.39, 0.29) is 12.2 Å². The van der Waals surface area contributed by atoms with Crippen LogP contribution < -0.4 is 10.1 Å². The van der Waals surface area contributed by atoms with E-state index in [1.165, 1.54) is 0 Å². The minimum absolute atomic E-state index is 0.259. The minimum atomic E-state index is -0.960. The Morgan fingerprint density at radius 3 is 2.45 bits per heavy atom. The molecule has 2 N–H and O–H groups in total. The van der Waals surface area contributed by atoms with Crippen molar-refractivity contribution in [3.8, 4) is 5.75 Å². The molecule has 0 radical (unpaired) electrons. The zero-order chi connectivity index (χ0) is 21.0. The van der Waals surface area contributed by atoms with Crippen molar-refractivity contribution in [3.63, 3.8) is 0 Å². The third-order valence-electron chi connectivity index (χ3n) is 4.45. The predicted octanol–water partition coefficient (Wildman–Crippen LogP) is 6.84. The number of aromatic carboxylic acids is 1. The van der Waals surface area contributed by atoms with Crippen LogP contribution in [0.1, 0.15) is 27.0 Å². The van der Waals surface area contributed by atoms with Crippen LogP contribution in [0.5, 0.6) is 5.75 Å². The highest BCUT2D eigenvalue weighted by atomic mass is 35.5. The van der Waals surface area contributed by atoms with Gasteiger partial charge in [-0.2, -0.15) is 0 Å².